The summed E-state index contributed by atoms with van der Waals surface area (Å²) in [6, 6.07) is 18.8. The van der Waals surface area contributed by atoms with E-state index in [0.717, 1.165) is 41.3 Å². The standard InChI is InChI=1S/C22H23N3O/c1-15-23-21(18-9-4-6-16(12-18)14-26)13-22(24-15)25-20-11-5-8-17-7-2-3-10-19(17)20/h2-4,6-7,9-10,12-13,20,26H,5,8,11,14H2,1H3,(H,23,24,25)/t20-/m1/s1. The number of aliphatic hydroxyl groups is 1. The van der Waals surface area contributed by atoms with E-state index >= 15 is 0 Å². The first-order chi connectivity index (χ1) is 12.7. The van der Waals surface area contributed by atoms with Crippen LogP contribution in [-0.2, 0) is 13.0 Å². The van der Waals surface area contributed by atoms with E-state index in [2.05, 4.69) is 39.6 Å². The maximum atomic E-state index is 9.38. The normalized spacial score (nSPS) is 16.2. The second kappa shape index (κ2) is 7.26. The predicted octanol–water partition coefficient (Wildman–Crippen LogP) is 4.43. The van der Waals surface area contributed by atoms with Gasteiger partial charge >= 0.3 is 0 Å². The third-order valence-corrected chi connectivity index (χ3v) is 4.93. The molecule has 0 fully saturated rings. The first-order valence-electron chi connectivity index (χ1n) is 9.13. The summed E-state index contributed by atoms with van der Waals surface area (Å²) in [7, 11) is 0. The number of fused-ring (bicyclic) bond motifs is 1. The molecule has 4 nitrogen and oxygen atoms in total. The molecule has 1 aromatic heterocycles. The Kier molecular flexibility index (Phi) is 4.67. The van der Waals surface area contributed by atoms with Gasteiger partial charge in [0.2, 0.25) is 0 Å². The van der Waals surface area contributed by atoms with E-state index < -0.39 is 0 Å². The molecule has 0 bridgehead atoms. The van der Waals surface area contributed by atoms with Gasteiger partial charge in [0.05, 0.1) is 18.3 Å². The molecule has 0 amide bonds. The van der Waals surface area contributed by atoms with E-state index in [1.165, 1.54) is 17.5 Å². The predicted molar refractivity (Wildman–Crippen MR) is 104 cm³/mol. The van der Waals surface area contributed by atoms with Crippen molar-refractivity contribution >= 4 is 5.82 Å². The van der Waals surface area contributed by atoms with Crippen LogP contribution in [0.15, 0.2) is 54.6 Å². The Morgan fingerprint density at radius 3 is 2.85 bits per heavy atom. The number of aromatic nitrogens is 2. The monoisotopic (exact) mass is 345 g/mol. The highest BCUT2D eigenvalue weighted by molar-refractivity contribution is 5.63. The SMILES string of the molecule is Cc1nc(N[C@@H]2CCCc3ccccc32)cc(-c2cccc(CO)c2)n1. The highest BCUT2D eigenvalue weighted by Crippen LogP contribution is 2.32. The van der Waals surface area contributed by atoms with Crippen molar-refractivity contribution in [2.24, 2.45) is 0 Å². The molecule has 1 aliphatic rings. The van der Waals surface area contributed by atoms with Gasteiger partial charge in [-0.1, -0.05) is 42.5 Å². The van der Waals surface area contributed by atoms with Crippen LogP contribution in [0.1, 0.15) is 41.4 Å². The molecular weight excluding hydrogens is 322 g/mol. The van der Waals surface area contributed by atoms with Crippen molar-refractivity contribution in [3.05, 3.63) is 77.1 Å². The summed E-state index contributed by atoms with van der Waals surface area (Å²) in [6.45, 7) is 1.95. The number of anilines is 1. The highest BCUT2D eigenvalue weighted by Gasteiger charge is 2.20. The summed E-state index contributed by atoms with van der Waals surface area (Å²) in [5, 5.41) is 13.0. The third kappa shape index (κ3) is 3.46. The lowest BCUT2D eigenvalue weighted by Gasteiger charge is -2.27. The molecule has 0 saturated heterocycles. The lowest BCUT2D eigenvalue weighted by Crippen LogP contribution is -2.18. The van der Waals surface area contributed by atoms with Gasteiger partial charge in [-0.15, -0.1) is 0 Å². The van der Waals surface area contributed by atoms with Crippen LogP contribution in [0.25, 0.3) is 11.3 Å². The molecule has 0 aliphatic heterocycles. The molecule has 0 spiro atoms. The van der Waals surface area contributed by atoms with Gasteiger partial charge < -0.3 is 10.4 Å². The van der Waals surface area contributed by atoms with Crippen LogP contribution in [0.4, 0.5) is 5.82 Å². The molecule has 1 heterocycles. The molecule has 0 radical (unpaired) electrons. The quantitative estimate of drug-likeness (QED) is 0.734. The highest BCUT2D eigenvalue weighted by atomic mass is 16.3. The molecule has 0 saturated carbocycles. The zero-order valence-electron chi connectivity index (χ0n) is 14.9. The number of hydrogen-bond donors (Lipinski definition) is 2. The van der Waals surface area contributed by atoms with Gasteiger partial charge in [-0.05, 0) is 48.9 Å². The van der Waals surface area contributed by atoms with Crippen molar-refractivity contribution in [1.82, 2.24) is 9.97 Å². The second-order valence-electron chi connectivity index (χ2n) is 6.83. The summed E-state index contributed by atoms with van der Waals surface area (Å²) >= 11 is 0. The first-order valence-corrected chi connectivity index (χ1v) is 9.13. The number of hydrogen-bond acceptors (Lipinski definition) is 4. The van der Waals surface area contributed by atoms with Gasteiger partial charge in [0, 0.05) is 11.6 Å². The fourth-order valence-electron chi connectivity index (χ4n) is 3.70. The summed E-state index contributed by atoms with van der Waals surface area (Å²) in [5.74, 6) is 1.59. The zero-order chi connectivity index (χ0) is 17.9. The van der Waals surface area contributed by atoms with Gasteiger partial charge in [-0.3, -0.25) is 0 Å². The minimum Gasteiger partial charge on any atom is -0.392 e. The lowest BCUT2D eigenvalue weighted by atomic mass is 9.88. The van der Waals surface area contributed by atoms with E-state index in [1.807, 2.05) is 37.3 Å². The Morgan fingerprint density at radius 2 is 1.96 bits per heavy atom. The number of aliphatic hydroxyl groups excluding tert-OH is 1. The Balaban J connectivity index is 1.65. The maximum absolute atomic E-state index is 9.38. The Morgan fingerprint density at radius 1 is 1.08 bits per heavy atom. The fourth-order valence-corrected chi connectivity index (χ4v) is 3.70. The average molecular weight is 345 g/mol. The van der Waals surface area contributed by atoms with Crippen LogP contribution >= 0.6 is 0 Å². The van der Waals surface area contributed by atoms with E-state index in [1.54, 1.807) is 0 Å². The third-order valence-electron chi connectivity index (χ3n) is 4.93. The summed E-state index contributed by atoms with van der Waals surface area (Å²) < 4.78 is 0. The molecule has 1 atom stereocenters. The number of benzene rings is 2. The topological polar surface area (TPSA) is 58.0 Å². The zero-order valence-corrected chi connectivity index (χ0v) is 14.9. The number of nitrogens with one attached hydrogen (secondary N) is 1. The Labute approximate surface area is 154 Å². The summed E-state index contributed by atoms with van der Waals surface area (Å²) in [4.78, 5) is 9.18. The van der Waals surface area contributed by atoms with Crippen LogP contribution in [0.2, 0.25) is 0 Å². The van der Waals surface area contributed by atoms with Crippen molar-refractivity contribution in [2.45, 2.75) is 38.8 Å². The lowest BCUT2D eigenvalue weighted by molar-refractivity contribution is 0.282. The van der Waals surface area contributed by atoms with E-state index in [4.69, 9.17) is 0 Å². The molecule has 3 aromatic rings. The molecule has 4 rings (SSSR count). The van der Waals surface area contributed by atoms with Crippen LogP contribution in [0.3, 0.4) is 0 Å². The van der Waals surface area contributed by atoms with Crippen molar-refractivity contribution in [3.8, 4) is 11.3 Å². The van der Waals surface area contributed by atoms with Crippen LogP contribution < -0.4 is 5.32 Å². The second-order valence-corrected chi connectivity index (χ2v) is 6.83. The first kappa shape index (κ1) is 16.7. The number of aryl methyl sites for hydroxylation is 2. The van der Waals surface area contributed by atoms with E-state index in [0.29, 0.717) is 0 Å². The molecule has 2 aromatic carbocycles. The fraction of sp³-hybridized carbons (Fsp3) is 0.273. The van der Waals surface area contributed by atoms with Gasteiger partial charge in [0.15, 0.2) is 0 Å². The van der Waals surface area contributed by atoms with Crippen LogP contribution in [0, 0.1) is 6.92 Å². The van der Waals surface area contributed by atoms with Gasteiger partial charge in [-0.2, -0.15) is 0 Å². The molecule has 4 heteroatoms. The van der Waals surface area contributed by atoms with Crippen LogP contribution in [0.5, 0.6) is 0 Å². The van der Waals surface area contributed by atoms with Gasteiger partial charge in [0.1, 0.15) is 11.6 Å². The maximum Gasteiger partial charge on any atom is 0.130 e. The minimum absolute atomic E-state index is 0.0296. The Bertz CT molecular complexity index is 923. The molecule has 132 valence electrons. The summed E-state index contributed by atoms with van der Waals surface area (Å²) in [6.07, 6.45) is 3.44. The number of nitrogens with zero attached hydrogens (tertiary/aromatic N) is 2. The largest absolute Gasteiger partial charge is 0.392 e. The minimum atomic E-state index is 0.0296. The van der Waals surface area contributed by atoms with Crippen molar-refractivity contribution in [1.29, 1.82) is 0 Å². The van der Waals surface area contributed by atoms with E-state index in [-0.39, 0.29) is 12.6 Å². The average Bonchev–Trinajstić information content (AvgIpc) is 2.68. The molecule has 1 aliphatic carbocycles. The smallest absolute Gasteiger partial charge is 0.130 e. The van der Waals surface area contributed by atoms with Crippen molar-refractivity contribution in [3.63, 3.8) is 0 Å². The van der Waals surface area contributed by atoms with Crippen molar-refractivity contribution in [2.75, 3.05) is 5.32 Å². The molecule has 0 unspecified atom stereocenters. The van der Waals surface area contributed by atoms with Gasteiger partial charge in [-0.25, -0.2) is 9.97 Å². The van der Waals surface area contributed by atoms with Gasteiger partial charge in [0.25, 0.3) is 0 Å². The molecule has 2 N–H and O–H groups in total. The van der Waals surface area contributed by atoms with E-state index in [9.17, 15) is 5.11 Å². The molecule has 26 heavy (non-hydrogen) atoms. The van der Waals surface area contributed by atoms with Crippen LogP contribution in [-0.4, -0.2) is 15.1 Å². The van der Waals surface area contributed by atoms with Crippen molar-refractivity contribution < 1.29 is 5.11 Å². The Hall–Kier alpha value is -2.72. The molecular formula is C22H23N3O. The number of rotatable bonds is 4. The summed E-state index contributed by atoms with van der Waals surface area (Å²) in [5.41, 5.74) is 5.56.